The highest BCUT2D eigenvalue weighted by molar-refractivity contribution is 5.78. The van der Waals surface area contributed by atoms with Crippen LogP contribution in [0.5, 0.6) is 0 Å². The van der Waals surface area contributed by atoms with Crippen molar-refractivity contribution >= 4 is 5.91 Å². The molecule has 0 atom stereocenters. The third-order valence-electron chi connectivity index (χ3n) is 3.67. The number of amides is 1. The average Bonchev–Trinajstić information content (AvgIpc) is 3.07. The normalized spacial score (nSPS) is 10.5. The van der Waals surface area contributed by atoms with Gasteiger partial charge in [0.2, 0.25) is 5.91 Å². The predicted molar refractivity (Wildman–Crippen MR) is 90.4 cm³/mol. The minimum absolute atomic E-state index is 0.0722. The Balaban J connectivity index is 1.47. The van der Waals surface area contributed by atoms with E-state index in [1.54, 1.807) is 18.3 Å². The first kappa shape index (κ1) is 15.9. The molecule has 0 unspecified atom stereocenters. The molecule has 24 heavy (non-hydrogen) atoms. The van der Waals surface area contributed by atoms with Gasteiger partial charge in [-0.05, 0) is 41.8 Å². The van der Waals surface area contributed by atoms with Crippen molar-refractivity contribution in [3.63, 3.8) is 0 Å². The van der Waals surface area contributed by atoms with Crippen LogP contribution in [0.25, 0.3) is 5.69 Å². The summed E-state index contributed by atoms with van der Waals surface area (Å²) < 4.78 is 14.6. The van der Waals surface area contributed by atoms with E-state index < -0.39 is 0 Å². The van der Waals surface area contributed by atoms with E-state index in [1.165, 1.54) is 12.1 Å². The number of carbonyl (C=O) groups is 1. The van der Waals surface area contributed by atoms with E-state index in [0.717, 1.165) is 16.8 Å². The number of benzene rings is 2. The minimum Gasteiger partial charge on any atom is -0.355 e. The number of hydrogen-bond acceptors (Lipinski definition) is 2. The summed E-state index contributed by atoms with van der Waals surface area (Å²) in [6.45, 7) is 0.542. The molecule has 1 amide bonds. The first-order valence-electron chi connectivity index (χ1n) is 7.81. The number of aromatic nitrogens is 2. The summed E-state index contributed by atoms with van der Waals surface area (Å²) in [6, 6.07) is 15.8. The van der Waals surface area contributed by atoms with Gasteiger partial charge in [0.1, 0.15) is 5.82 Å². The first-order chi connectivity index (χ1) is 11.7. The zero-order chi connectivity index (χ0) is 16.8. The van der Waals surface area contributed by atoms with E-state index in [4.69, 9.17) is 0 Å². The Hall–Kier alpha value is -2.95. The maximum Gasteiger partial charge on any atom is 0.224 e. The smallest absolute Gasteiger partial charge is 0.224 e. The van der Waals surface area contributed by atoms with Gasteiger partial charge in [0.25, 0.3) is 0 Å². The Morgan fingerprint density at radius 1 is 1.04 bits per heavy atom. The SMILES string of the molecule is O=C(Cc1ccc(F)cc1)NCCc1cnn(-c2ccccc2)c1. The number of hydrogen-bond donors (Lipinski definition) is 1. The molecule has 0 saturated carbocycles. The van der Waals surface area contributed by atoms with E-state index in [0.29, 0.717) is 13.0 Å². The molecule has 1 aromatic heterocycles. The fraction of sp³-hybridized carbons (Fsp3) is 0.158. The van der Waals surface area contributed by atoms with Crippen LogP contribution < -0.4 is 5.32 Å². The Kier molecular flexibility index (Phi) is 5.01. The van der Waals surface area contributed by atoms with Crippen LogP contribution in [0.3, 0.4) is 0 Å². The van der Waals surface area contributed by atoms with E-state index >= 15 is 0 Å². The van der Waals surface area contributed by atoms with Crippen molar-refractivity contribution in [3.05, 3.63) is 83.9 Å². The highest BCUT2D eigenvalue weighted by atomic mass is 19.1. The highest BCUT2D eigenvalue weighted by Crippen LogP contribution is 2.08. The first-order valence-corrected chi connectivity index (χ1v) is 7.81. The lowest BCUT2D eigenvalue weighted by Gasteiger charge is -2.04. The molecule has 1 N–H and O–H groups in total. The summed E-state index contributed by atoms with van der Waals surface area (Å²) in [5.41, 5.74) is 2.86. The van der Waals surface area contributed by atoms with Crippen molar-refractivity contribution in [1.29, 1.82) is 0 Å². The Bertz CT molecular complexity index is 797. The van der Waals surface area contributed by atoms with Gasteiger partial charge in [-0.25, -0.2) is 9.07 Å². The average molecular weight is 323 g/mol. The molecule has 3 aromatic rings. The van der Waals surface area contributed by atoms with Crippen molar-refractivity contribution in [2.75, 3.05) is 6.54 Å². The van der Waals surface area contributed by atoms with Crippen LogP contribution in [0.4, 0.5) is 4.39 Å². The van der Waals surface area contributed by atoms with Crippen LogP contribution in [0.15, 0.2) is 67.0 Å². The third kappa shape index (κ3) is 4.29. The number of rotatable bonds is 6. The van der Waals surface area contributed by atoms with E-state index in [1.807, 2.05) is 41.2 Å². The molecule has 5 heteroatoms. The van der Waals surface area contributed by atoms with Crippen LogP contribution in [-0.4, -0.2) is 22.2 Å². The highest BCUT2D eigenvalue weighted by Gasteiger charge is 2.05. The van der Waals surface area contributed by atoms with Crippen molar-refractivity contribution in [2.45, 2.75) is 12.8 Å². The maximum absolute atomic E-state index is 12.8. The molecule has 0 aliphatic carbocycles. The summed E-state index contributed by atoms with van der Waals surface area (Å²) in [6.07, 6.45) is 4.73. The summed E-state index contributed by atoms with van der Waals surface area (Å²) in [7, 11) is 0. The van der Waals surface area contributed by atoms with Gasteiger partial charge < -0.3 is 5.32 Å². The van der Waals surface area contributed by atoms with Gasteiger partial charge in [-0.2, -0.15) is 5.10 Å². The summed E-state index contributed by atoms with van der Waals surface area (Å²) in [5, 5.41) is 7.20. The summed E-state index contributed by atoms with van der Waals surface area (Å²) in [5.74, 6) is -0.369. The Morgan fingerprint density at radius 3 is 2.54 bits per heavy atom. The molecule has 2 aromatic carbocycles. The zero-order valence-corrected chi connectivity index (χ0v) is 13.2. The molecule has 1 heterocycles. The fourth-order valence-corrected chi connectivity index (χ4v) is 2.41. The van der Waals surface area contributed by atoms with Crippen molar-refractivity contribution in [1.82, 2.24) is 15.1 Å². The molecule has 0 saturated heterocycles. The fourth-order valence-electron chi connectivity index (χ4n) is 2.41. The van der Waals surface area contributed by atoms with Crippen molar-refractivity contribution in [2.24, 2.45) is 0 Å². The Morgan fingerprint density at radius 2 is 1.79 bits per heavy atom. The Labute approximate surface area is 139 Å². The number of para-hydroxylation sites is 1. The lowest BCUT2D eigenvalue weighted by atomic mass is 10.1. The van der Waals surface area contributed by atoms with Crippen LogP contribution >= 0.6 is 0 Å². The number of halogens is 1. The van der Waals surface area contributed by atoms with Gasteiger partial charge in [0, 0.05) is 12.7 Å². The molecular weight excluding hydrogens is 305 g/mol. The number of nitrogens with zero attached hydrogens (tertiary/aromatic N) is 2. The minimum atomic E-state index is -0.297. The number of carbonyl (C=O) groups excluding carboxylic acids is 1. The molecule has 0 fully saturated rings. The molecule has 0 aliphatic rings. The molecule has 0 radical (unpaired) electrons. The van der Waals surface area contributed by atoms with E-state index in [2.05, 4.69) is 10.4 Å². The van der Waals surface area contributed by atoms with E-state index in [9.17, 15) is 9.18 Å². The molecule has 4 nitrogen and oxygen atoms in total. The lowest BCUT2D eigenvalue weighted by molar-refractivity contribution is -0.120. The molecule has 122 valence electrons. The van der Waals surface area contributed by atoms with Gasteiger partial charge in [0.15, 0.2) is 0 Å². The standard InChI is InChI=1S/C19H18FN3O/c20-17-8-6-15(7-9-17)12-19(24)21-11-10-16-13-22-23(14-16)18-4-2-1-3-5-18/h1-9,13-14H,10-12H2,(H,21,24). The van der Waals surface area contributed by atoms with Crippen LogP contribution in [0, 0.1) is 5.82 Å². The van der Waals surface area contributed by atoms with Crippen molar-refractivity contribution in [3.8, 4) is 5.69 Å². The maximum atomic E-state index is 12.8. The van der Waals surface area contributed by atoms with Gasteiger partial charge in [-0.1, -0.05) is 30.3 Å². The topological polar surface area (TPSA) is 46.9 Å². The van der Waals surface area contributed by atoms with Crippen molar-refractivity contribution < 1.29 is 9.18 Å². The summed E-state index contributed by atoms with van der Waals surface area (Å²) in [4.78, 5) is 11.9. The molecular formula is C19H18FN3O. The zero-order valence-electron chi connectivity index (χ0n) is 13.2. The molecule has 0 aliphatic heterocycles. The van der Waals surface area contributed by atoms with Gasteiger partial charge in [0.05, 0.1) is 18.3 Å². The quantitative estimate of drug-likeness (QED) is 0.758. The second kappa shape index (κ2) is 7.55. The van der Waals surface area contributed by atoms with Crippen LogP contribution in [-0.2, 0) is 17.6 Å². The van der Waals surface area contributed by atoms with Crippen LogP contribution in [0.1, 0.15) is 11.1 Å². The predicted octanol–water partition coefficient (Wildman–Crippen LogP) is 2.91. The largest absolute Gasteiger partial charge is 0.355 e. The second-order valence-corrected chi connectivity index (χ2v) is 5.53. The summed E-state index contributed by atoms with van der Waals surface area (Å²) >= 11 is 0. The van der Waals surface area contributed by atoms with E-state index in [-0.39, 0.29) is 18.1 Å². The van der Waals surface area contributed by atoms with Gasteiger partial charge in [-0.15, -0.1) is 0 Å². The molecule has 0 spiro atoms. The van der Waals surface area contributed by atoms with Gasteiger partial charge >= 0.3 is 0 Å². The molecule has 0 bridgehead atoms. The lowest BCUT2D eigenvalue weighted by Crippen LogP contribution is -2.27. The second-order valence-electron chi connectivity index (χ2n) is 5.53. The monoisotopic (exact) mass is 323 g/mol. The third-order valence-corrected chi connectivity index (χ3v) is 3.67. The number of nitrogens with one attached hydrogen (secondary N) is 1. The van der Waals surface area contributed by atoms with Crippen LogP contribution in [0.2, 0.25) is 0 Å². The molecule has 3 rings (SSSR count). The van der Waals surface area contributed by atoms with Gasteiger partial charge in [-0.3, -0.25) is 4.79 Å².